The summed E-state index contributed by atoms with van der Waals surface area (Å²) in [7, 11) is 1.62. The lowest BCUT2D eigenvalue weighted by atomic mass is 10.2. The maximum atomic E-state index is 12.1. The Bertz CT molecular complexity index is 599. The maximum absolute atomic E-state index is 12.1. The van der Waals surface area contributed by atoms with E-state index >= 15 is 0 Å². The summed E-state index contributed by atoms with van der Waals surface area (Å²) in [5, 5.41) is 2.84. The number of amides is 1. The molecular weight excluding hydrogens is 334 g/mol. The third-order valence-electron chi connectivity index (χ3n) is 2.75. The van der Waals surface area contributed by atoms with Crippen LogP contribution in [0, 0.1) is 0 Å². The molecule has 0 unspecified atom stereocenters. The second kappa shape index (κ2) is 7.81. The minimum atomic E-state index is -0.156. The lowest BCUT2D eigenvalue weighted by Gasteiger charge is -2.09. The van der Waals surface area contributed by atoms with E-state index in [0.29, 0.717) is 30.2 Å². The molecule has 0 heterocycles. The third kappa shape index (κ3) is 4.88. The van der Waals surface area contributed by atoms with Crippen LogP contribution in [0.5, 0.6) is 5.75 Å². The van der Waals surface area contributed by atoms with E-state index in [1.54, 1.807) is 25.3 Å². The Kier molecular flexibility index (Phi) is 5.78. The summed E-state index contributed by atoms with van der Waals surface area (Å²) < 4.78 is 11.4. The van der Waals surface area contributed by atoms with Crippen molar-refractivity contribution in [2.45, 2.75) is 0 Å². The molecule has 0 aliphatic carbocycles. The van der Waals surface area contributed by atoms with Crippen molar-refractivity contribution in [3.05, 3.63) is 58.6 Å². The highest BCUT2D eigenvalue weighted by Gasteiger charge is 2.06. The molecule has 21 heavy (non-hydrogen) atoms. The number of rotatable bonds is 6. The van der Waals surface area contributed by atoms with Crippen LogP contribution >= 0.6 is 15.9 Å². The molecule has 0 fully saturated rings. The molecule has 0 spiro atoms. The van der Waals surface area contributed by atoms with Crippen LogP contribution in [0.3, 0.4) is 0 Å². The number of carbonyl (C=O) groups is 1. The largest absolute Gasteiger partial charge is 0.491 e. The fourth-order valence-electron chi connectivity index (χ4n) is 1.71. The molecule has 4 nitrogen and oxygen atoms in total. The Labute approximate surface area is 132 Å². The topological polar surface area (TPSA) is 47.6 Å². The van der Waals surface area contributed by atoms with Gasteiger partial charge in [0.1, 0.15) is 12.4 Å². The molecule has 110 valence electrons. The van der Waals surface area contributed by atoms with Gasteiger partial charge in [-0.3, -0.25) is 4.79 Å². The molecular formula is C16H16BrNO3. The number of methoxy groups -OCH3 is 1. The summed E-state index contributed by atoms with van der Waals surface area (Å²) in [6, 6.07) is 14.5. The Morgan fingerprint density at radius 2 is 1.90 bits per heavy atom. The molecule has 2 aromatic rings. The van der Waals surface area contributed by atoms with Gasteiger partial charge in [0.25, 0.3) is 5.91 Å². The number of hydrogen-bond acceptors (Lipinski definition) is 3. The van der Waals surface area contributed by atoms with Crippen molar-refractivity contribution in [1.82, 2.24) is 0 Å². The summed E-state index contributed by atoms with van der Waals surface area (Å²) in [5.41, 5.74) is 1.29. The van der Waals surface area contributed by atoms with Gasteiger partial charge in [-0.05, 0) is 36.4 Å². The van der Waals surface area contributed by atoms with Gasteiger partial charge in [0, 0.05) is 28.9 Å². The standard InChI is InChI=1S/C16H16BrNO3/c1-20-9-10-21-15-4-2-3-14(11-15)18-16(19)12-5-7-13(17)8-6-12/h2-8,11H,9-10H2,1H3,(H,18,19). The second-order valence-electron chi connectivity index (χ2n) is 4.33. The minimum absolute atomic E-state index is 0.156. The van der Waals surface area contributed by atoms with Gasteiger partial charge in [0.2, 0.25) is 0 Å². The minimum Gasteiger partial charge on any atom is -0.491 e. The molecule has 0 saturated carbocycles. The summed E-state index contributed by atoms with van der Waals surface area (Å²) in [6.07, 6.45) is 0. The van der Waals surface area contributed by atoms with Gasteiger partial charge in [0.05, 0.1) is 6.61 Å². The van der Waals surface area contributed by atoms with Crippen LogP contribution in [0.2, 0.25) is 0 Å². The molecule has 0 aliphatic heterocycles. The Morgan fingerprint density at radius 1 is 1.14 bits per heavy atom. The molecule has 0 atom stereocenters. The number of benzene rings is 2. The van der Waals surface area contributed by atoms with Gasteiger partial charge < -0.3 is 14.8 Å². The summed E-state index contributed by atoms with van der Waals surface area (Å²) in [5.74, 6) is 0.539. The van der Waals surface area contributed by atoms with Crippen molar-refractivity contribution >= 4 is 27.5 Å². The number of ether oxygens (including phenoxy) is 2. The van der Waals surface area contributed by atoms with Crippen LogP contribution < -0.4 is 10.1 Å². The summed E-state index contributed by atoms with van der Waals surface area (Å²) in [6.45, 7) is 0.996. The van der Waals surface area contributed by atoms with Crippen LogP contribution in [0.15, 0.2) is 53.0 Å². The number of halogens is 1. The lowest BCUT2D eigenvalue weighted by molar-refractivity contribution is 0.102. The van der Waals surface area contributed by atoms with E-state index in [1.807, 2.05) is 30.3 Å². The van der Waals surface area contributed by atoms with Gasteiger partial charge in [-0.2, -0.15) is 0 Å². The van der Waals surface area contributed by atoms with E-state index in [9.17, 15) is 4.79 Å². The fraction of sp³-hybridized carbons (Fsp3) is 0.188. The monoisotopic (exact) mass is 349 g/mol. The van der Waals surface area contributed by atoms with Crippen molar-refractivity contribution in [2.75, 3.05) is 25.6 Å². The van der Waals surface area contributed by atoms with Gasteiger partial charge in [0.15, 0.2) is 0 Å². The van der Waals surface area contributed by atoms with Gasteiger partial charge in [-0.25, -0.2) is 0 Å². The molecule has 0 saturated heterocycles. The molecule has 0 aromatic heterocycles. The van der Waals surface area contributed by atoms with Gasteiger partial charge >= 0.3 is 0 Å². The van der Waals surface area contributed by atoms with E-state index in [4.69, 9.17) is 9.47 Å². The van der Waals surface area contributed by atoms with Crippen molar-refractivity contribution in [3.63, 3.8) is 0 Å². The number of hydrogen-bond donors (Lipinski definition) is 1. The van der Waals surface area contributed by atoms with Crippen molar-refractivity contribution in [2.24, 2.45) is 0 Å². The zero-order valence-corrected chi connectivity index (χ0v) is 13.2. The first-order valence-electron chi connectivity index (χ1n) is 6.48. The molecule has 0 radical (unpaired) electrons. The normalized spacial score (nSPS) is 10.2. The van der Waals surface area contributed by atoms with Crippen LogP contribution in [-0.4, -0.2) is 26.2 Å². The SMILES string of the molecule is COCCOc1cccc(NC(=O)c2ccc(Br)cc2)c1. The number of carbonyl (C=O) groups excluding carboxylic acids is 1. The van der Waals surface area contributed by atoms with Crippen molar-refractivity contribution in [1.29, 1.82) is 0 Å². The molecule has 5 heteroatoms. The molecule has 2 rings (SSSR count). The molecule has 0 aliphatic rings. The third-order valence-corrected chi connectivity index (χ3v) is 3.28. The zero-order chi connectivity index (χ0) is 15.1. The highest BCUT2D eigenvalue weighted by Crippen LogP contribution is 2.18. The highest BCUT2D eigenvalue weighted by molar-refractivity contribution is 9.10. The molecule has 0 bridgehead atoms. The van der Waals surface area contributed by atoms with Crippen molar-refractivity contribution in [3.8, 4) is 5.75 Å². The van der Waals surface area contributed by atoms with Crippen LogP contribution in [-0.2, 0) is 4.74 Å². The first-order chi connectivity index (χ1) is 10.2. The molecule has 1 amide bonds. The first-order valence-corrected chi connectivity index (χ1v) is 7.27. The predicted octanol–water partition coefficient (Wildman–Crippen LogP) is 3.73. The Balaban J connectivity index is 2.00. The second-order valence-corrected chi connectivity index (χ2v) is 5.25. The van der Waals surface area contributed by atoms with Crippen molar-refractivity contribution < 1.29 is 14.3 Å². The van der Waals surface area contributed by atoms with Gasteiger partial charge in [-0.15, -0.1) is 0 Å². The smallest absolute Gasteiger partial charge is 0.255 e. The number of nitrogens with one attached hydrogen (secondary N) is 1. The molecule has 1 N–H and O–H groups in total. The summed E-state index contributed by atoms with van der Waals surface area (Å²) >= 11 is 3.34. The van der Waals surface area contributed by atoms with Crippen LogP contribution in [0.25, 0.3) is 0 Å². The first kappa shape index (κ1) is 15.5. The average Bonchev–Trinajstić information content (AvgIpc) is 2.48. The van der Waals surface area contributed by atoms with Crippen LogP contribution in [0.4, 0.5) is 5.69 Å². The van der Waals surface area contributed by atoms with E-state index in [2.05, 4.69) is 21.2 Å². The quantitative estimate of drug-likeness (QED) is 0.808. The van der Waals surface area contributed by atoms with E-state index in [1.165, 1.54) is 0 Å². The Hall–Kier alpha value is -1.85. The van der Waals surface area contributed by atoms with Crippen LogP contribution in [0.1, 0.15) is 10.4 Å². The van der Waals surface area contributed by atoms with E-state index in [-0.39, 0.29) is 5.91 Å². The summed E-state index contributed by atoms with van der Waals surface area (Å²) in [4.78, 5) is 12.1. The Morgan fingerprint density at radius 3 is 2.62 bits per heavy atom. The van der Waals surface area contributed by atoms with Gasteiger partial charge in [-0.1, -0.05) is 22.0 Å². The zero-order valence-electron chi connectivity index (χ0n) is 11.6. The fourth-order valence-corrected chi connectivity index (χ4v) is 1.98. The molecule has 2 aromatic carbocycles. The predicted molar refractivity (Wildman–Crippen MR) is 85.9 cm³/mol. The van der Waals surface area contributed by atoms with E-state index < -0.39 is 0 Å². The average molecular weight is 350 g/mol. The van der Waals surface area contributed by atoms with E-state index in [0.717, 1.165) is 4.47 Å². The maximum Gasteiger partial charge on any atom is 0.255 e. The number of anilines is 1. The highest BCUT2D eigenvalue weighted by atomic mass is 79.9. The lowest BCUT2D eigenvalue weighted by Crippen LogP contribution is -2.12.